The van der Waals surface area contributed by atoms with Gasteiger partial charge in [-0.25, -0.2) is 8.42 Å². The average molecular weight is 275 g/mol. The SMILES string of the molecule is CCS(=O)(=O)CCC(=O)CC(C)C1CCCNC1. The molecule has 18 heavy (non-hydrogen) atoms. The van der Waals surface area contributed by atoms with Gasteiger partial charge in [0.1, 0.15) is 15.6 Å². The van der Waals surface area contributed by atoms with Crippen LogP contribution in [0.25, 0.3) is 0 Å². The summed E-state index contributed by atoms with van der Waals surface area (Å²) in [6.45, 7) is 5.79. The molecule has 0 bridgehead atoms. The second-order valence-corrected chi connectivity index (χ2v) is 7.79. The lowest BCUT2D eigenvalue weighted by Gasteiger charge is -2.27. The number of nitrogens with one attached hydrogen (secondary N) is 1. The summed E-state index contributed by atoms with van der Waals surface area (Å²) in [5.74, 6) is 1.14. The number of hydrogen-bond donors (Lipinski definition) is 1. The van der Waals surface area contributed by atoms with E-state index < -0.39 is 9.84 Å². The first-order valence-corrected chi connectivity index (χ1v) is 8.69. The van der Waals surface area contributed by atoms with Crippen LogP contribution >= 0.6 is 0 Å². The topological polar surface area (TPSA) is 63.2 Å². The molecule has 0 radical (unpaired) electrons. The highest BCUT2D eigenvalue weighted by atomic mass is 32.2. The number of ketones is 1. The number of Topliss-reactive ketones (excluding diaryl/α,β-unsaturated/α-hetero) is 1. The number of piperidine rings is 1. The Labute approximate surface area is 110 Å². The van der Waals surface area contributed by atoms with Gasteiger partial charge in [0.15, 0.2) is 0 Å². The summed E-state index contributed by atoms with van der Waals surface area (Å²) in [7, 11) is -3.01. The van der Waals surface area contributed by atoms with Crippen molar-refractivity contribution in [1.82, 2.24) is 5.32 Å². The van der Waals surface area contributed by atoms with Crippen LogP contribution in [0.2, 0.25) is 0 Å². The molecule has 1 aliphatic heterocycles. The normalized spacial score (nSPS) is 22.7. The molecule has 0 aromatic carbocycles. The van der Waals surface area contributed by atoms with Gasteiger partial charge in [-0.2, -0.15) is 0 Å². The first-order chi connectivity index (χ1) is 8.44. The maximum Gasteiger partial charge on any atom is 0.150 e. The van der Waals surface area contributed by atoms with E-state index in [1.54, 1.807) is 6.92 Å². The predicted octanol–water partition coefficient (Wildman–Crippen LogP) is 1.41. The lowest BCUT2D eigenvalue weighted by atomic mass is 9.84. The number of hydrogen-bond acceptors (Lipinski definition) is 4. The minimum Gasteiger partial charge on any atom is -0.316 e. The first kappa shape index (κ1) is 15.6. The number of sulfone groups is 1. The summed E-state index contributed by atoms with van der Waals surface area (Å²) >= 11 is 0. The first-order valence-electron chi connectivity index (χ1n) is 6.87. The highest BCUT2D eigenvalue weighted by Gasteiger charge is 2.22. The van der Waals surface area contributed by atoms with E-state index in [0.29, 0.717) is 18.3 Å². The highest BCUT2D eigenvalue weighted by molar-refractivity contribution is 7.91. The summed E-state index contributed by atoms with van der Waals surface area (Å²) in [6, 6.07) is 0. The molecule has 0 amide bonds. The molecule has 1 heterocycles. The number of rotatable bonds is 7. The minimum atomic E-state index is -3.01. The lowest BCUT2D eigenvalue weighted by Crippen LogP contribution is -2.34. The van der Waals surface area contributed by atoms with Crippen LogP contribution in [0.5, 0.6) is 0 Å². The smallest absolute Gasteiger partial charge is 0.150 e. The molecule has 1 N–H and O–H groups in total. The third kappa shape index (κ3) is 5.48. The van der Waals surface area contributed by atoms with Crippen LogP contribution in [0.15, 0.2) is 0 Å². The molecule has 1 saturated heterocycles. The van der Waals surface area contributed by atoms with Crippen molar-refractivity contribution in [1.29, 1.82) is 0 Å². The van der Waals surface area contributed by atoms with Crippen LogP contribution in [0.3, 0.4) is 0 Å². The van der Waals surface area contributed by atoms with Gasteiger partial charge in [0, 0.05) is 18.6 Å². The van der Waals surface area contributed by atoms with Gasteiger partial charge in [-0.15, -0.1) is 0 Å². The van der Waals surface area contributed by atoms with Crippen LogP contribution in [0, 0.1) is 11.8 Å². The second kappa shape index (κ2) is 7.24. The van der Waals surface area contributed by atoms with Crippen molar-refractivity contribution in [2.45, 2.75) is 39.5 Å². The zero-order chi connectivity index (χ0) is 13.6. The van der Waals surface area contributed by atoms with Gasteiger partial charge in [-0.05, 0) is 37.8 Å². The van der Waals surface area contributed by atoms with Gasteiger partial charge in [0.2, 0.25) is 0 Å². The number of carbonyl (C=O) groups excluding carboxylic acids is 1. The molecule has 0 aliphatic carbocycles. The Balaban J connectivity index is 2.30. The summed E-state index contributed by atoms with van der Waals surface area (Å²) in [5.41, 5.74) is 0. The van der Waals surface area contributed by atoms with Gasteiger partial charge < -0.3 is 5.32 Å². The van der Waals surface area contributed by atoms with E-state index >= 15 is 0 Å². The second-order valence-electron chi connectivity index (χ2n) is 5.31. The van der Waals surface area contributed by atoms with Crippen LogP contribution < -0.4 is 5.32 Å². The highest BCUT2D eigenvalue weighted by Crippen LogP contribution is 2.23. The average Bonchev–Trinajstić information content (AvgIpc) is 2.37. The molecule has 5 heteroatoms. The van der Waals surface area contributed by atoms with Crippen molar-refractivity contribution >= 4 is 15.6 Å². The van der Waals surface area contributed by atoms with Crippen molar-refractivity contribution in [2.75, 3.05) is 24.6 Å². The van der Waals surface area contributed by atoms with Crippen molar-refractivity contribution in [3.8, 4) is 0 Å². The predicted molar refractivity (Wildman–Crippen MR) is 73.3 cm³/mol. The largest absolute Gasteiger partial charge is 0.316 e. The molecule has 2 unspecified atom stereocenters. The zero-order valence-corrected chi connectivity index (χ0v) is 12.3. The van der Waals surface area contributed by atoms with Crippen molar-refractivity contribution < 1.29 is 13.2 Å². The van der Waals surface area contributed by atoms with E-state index in [-0.39, 0.29) is 23.7 Å². The van der Waals surface area contributed by atoms with Crippen molar-refractivity contribution in [2.24, 2.45) is 11.8 Å². The zero-order valence-electron chi connectivity index (χ0n) is 11.4. The number of carbonyl (C=O) groups is 1. The molecule has 1 fully saturated rings. The fourth-order valence-electron chi connectivity index (χ4n) is 2.41. The molecular formula is C13H25NO3S. The Bertz CT molecular complexity index is 358. The third-order valence-corrected chi connectivity index (χ3v) is 5.53. The van der Waals surface area contributed by atoms with E-state index in [0.717, 1.165) is 13.1 Å². The molecule has 2 atom stereocenters. The molecule has 0 aromatic rings. The Morgan fingerprint density at radius 2 is 2.17 bits per heavy atom. The van der Waals surface area contributed by atoms with E-state index in [1.807, 2.05) is 0 Å². The minimum absolute atomic E-state index is 0.0119. The van der Waals surface area contributed by atoms with Crippen LogP contribution in [0.1, 0.15) is 39.5 Å². The van der Waals surface area contributed by atoms with E-state index in [1.165, 1.54) is 12.8 Å². The Hall–Kier alpha value is -0.420. The maximum absolute atomic E-state index is 11.8. The summed E-state index contributed by atoms with van der Waals surface area (Å²) in [6.07, 6.45) is 3.05. The summed E-state index contributed by atoms with van der Waals surface area (Å²) in [4.78, 5) is 11.8. The molecule has 4 nitrogen and oxygen atoms in total. The van der Waals surface area contributed by atoms with Gasteiger partial charge in [-0.3, -0.25) is 4.79 Å². The third-order valence-electron chi connectivity index (χ3n) is 3.82. The van der Waals surface area contributed by atoms with Crippen LogP contribution in [-0.4, -0.2) is 38.8 Å². The molecule has 0 saturated carbocycles. The van der Waals surface area contributed by atoms with E-state index in [9.17, 15) is 13.2 Å². The van der Waals surface area contributed by atoms with Crippen molar-refractivity contribution in [3.05, 3.63) is 0 Å². The fraction of sp³-hybridized carbons (Fsp3) is 0.923. The molecule has 1 rings (SSSR count). The lowest BCUT2D eigenvalue weighted by molar-refractivity contribution is -0.119. The molecule has 0 aromatic heterocycles. The van der Waals surface area contributed by atoms with Gasteiger partial charge in [0.05, 0.1) is 5.75 Å². The molecule has 1 aliphatic rings. The standard InChI is InChI=1S/C13H25NO3S/c1-3-18(16,17)8-6-13(15)9-11(2)12-5-4-7-14-10-12/h11-12,14H,3-10H2,1-2H3. The molecule has 0 spiro atoms. The van der Waals surface area contributed by atoms with Crippen molar-refractivity contribution in [3.63, 3.8) is 0 Å². The Morgan fingerprint density at radius 3 is 2.72 bits per heavy atom. The van der Waals surface area contributed by atoms with Crippen LogP contribution in [0.4, 0.5) is 0 Å². The van der Waals surface area contributed by atoms with Crippen LogP contribution in [-0.2, 0) is 14.6 Å². The maximum atomic E-state index is 11.8. The quantitative estimate of drug-likeness (QED) is 0.763. The van der Waals surface area contributed by atoms with Gasteiger partial charge in [0.25, 0.3) is 0 Å². The molecular weight excluding hydrogens is 250 g/mol. The summed E-state index contributed by atoms with van der Waals surface area (Å²) in [5, 5.41) is 3.35. The Morgan fingerprint density at radius 1 is 1.44 bits per heavy atom. The summed E-state index contributed by atoms with van der Waals surface area (Å²) < 4.78 is 22.7. The van der Waals surface area contributed by atoms with Gasteiger partial charge >= 0.3 is 0 Å². The fourth-order valence-corrected chi connectivity index (χ4v) is 3.23. The van der Waals surface area contributed by atoms with E-state index in [2.05, 4.69) is 12.2 Å². The van der Waals surface area contributed by atoms with Gasteiger partial charge in [-0.1, -0.05) is 13.8 Å². The van der Waals surface area contributed by atoms with E-state index in [4.69, 9.17) is 0 Å². The monoisotopic (exact) mass is 275 g/mol. The Kier molecular flexibility index (Phi) is 6.29. The molecule has 106 valence electrons.